The van der Waals surface area contributed by atoms with E-state index in [-0.39, 0.29) is 11.5 Å². The second-order valence-corrected chi connectivity index (χ2v) is 5.14. The van der Waals surface area contributed by atoms with Crippen molar-refractivity contribution in [2.24, 2.45) is 10.9 Å². The minimum Gasteiger partial charge on any atom is -0.468 e. The Morgan fingerprint density at radius 2 is 2.21 bits per heavy atom. The van der Waals surface area contributed by atoms with Crippen LogP contribution in [-0.2, 0) is 20.7 Å². The van der Waals surface area contributed by atoms with E-state index in [1.807, 2.05) is 31.2 Å². The van der Waals surface area contributed by atoms with Crippen LogP contribution < -0.4 is 0 Å². The first-order valence-electron chi connectivity index (χ1n) is 6.07. The monoisotopic (exact) mass is 277 g/mol. The summed E-state index contributed by atoms with van der Waals surface area (Å²) in [5.74, 6) is -1.22. The Morgan fingerprint density at radius 3 is 2.89 bits per heavy atom. The molecule has 5 heteroatoms. The van der Waals surface area contributed by atoms with E-state index in [0.29, 0.717) is 5.04 Å². The number of hydrogen-bond acceptors (Lipinski definition) is 5. The van der Waals surface area contributed by atoms with Gasteiger partial charge >= 0.3 is 5.97 Å². The zero-order chi connectivity index (χ0) is 13.8. The Morgan fingerprint density at radius 1 is 1.47 bits per heavy atom. The summed E-state index contributed by atoms with van der Waals surface area (Å²) in [7, 11) is 1.29. The summed E-state index contributed by atoms with van der Waals surface area (Å²) in [6.07, 6.45) is 0.856. The largest absolute Gasteiger partial charge is 0.468 e. The van der Waals surface area contributed by atoms with Gasteiger partial charge in [-0.25, -0.2) is 4.99 Å². The number of aryl methyl sites for hydroxylation is 1. The molecule has 1 fully saturated rings. The molecule has 0 spiro atoms. The number of nitrogens with zero attached hydrogens (tertiary/aromatic N) is 1. The molecule has 1 heterocycles. The lowest BCUT2D eigenvalue weighted by atomic mass is 10.1. The molecule has 1 aliphatic heterocycles. The standard InChI is InChI=1S/C14H15NO3S/c1-3-9-6-4-5-7-10(9)15-13-12(14(17)18-2)11(16)8-19-13/h4-7,12H,3,8H2,1-2H3. The van der Waals surface area contributed by atoms with Gasteiger partial charge in [0.15, 0.2) is 11.7 Å². The molecule has 4 nitrogen and oxygen atoms in total. The number of ketones is 1. The van der Waals surface area contributed by atoms with Crippen molar-refractivity contribution in [2.75, 3.05) is 12.9 Å². The third-order valence-electron chi connectivity index (χ3n) is 2.97. The summed E-state index contributed by atoms with van der Waals surface area (Å²) in [5.41, 5.74) is 1.91. The lowest BCUT2D eigenvalue weighted by molar-refractivity contribution is -0.145. The van der Waals surface area contributed by atoms with Crippen LogP contribution in [0, 0.1) is 5.92 Å². The summed E-state index contributed by atoms with van der Waals surface area (Å²) in [5, 5.41) is 0.540. The maximum atomic E-state index is 11.7. The average molecular weight is 277 g/mol. The van der Waals surface area contributed by atoms with Crippen LogP contribution in [0.1, 0.15) is 12.5 Å². The van der Waals surface area contributed by atoms with Crippen LogP contribution >= 0.6 is 11.8 Å². The third-order valence-corrected chi connectivity index (χ3v) is 4.02. The lowest BCUT2D eigenvalue weighted by Gasteiger charge is -2.08. The molecule has 1 aliphatic rings. The molecule has 0 bridgehead atoms. The Balaban J connectivity index is 2.36. The molecule has 0 amide bonds. The van der Waals surface area contributed by atoms with Gasteiger partial charge in [0.2, 0.25) is 0 Å². The molecule has 19 heavy (non-hydrogen) atoms. The second kappa shape index (κ2) is 6.02. The lowest BCUT2D eigenvalue weighted by Crippen LogP contribution is -2.26. The van der Waals surface area contributed by atoms with Gasteiger partial charge in [-0.2, -0.15) is 0 Å². The number of ether oxygens (including phenoxy) is 1. The first kappa shape index (κ1) is 13.8. The van der Waals surface area contributed by atoms with Crippen molar-refractivity contribution >= 4 is 34.2 Å². The molecule has 0 N–H and O–H groups in total. The summed E-state index contributed by atoms with van der Waals surface area (Å²) >= 11 is 1.32. The highest BCUT2D eigenvalue weighted by atomic mass is 32.2. The predicted octanol–water partition coefficient (Wildman–Crippen LogP) is 2.38. The van der Waals surface area contributed by atoms with Gasteiger partial charge in [-0.1, -0.05) is 25.1 Å². The van der Waals surface area contributed by atoms with Crippen molar-refractivity contribution in [3.63, 3.8) is 0 Å². The van der Waals surface area contributed by atoms with Crippen LogP contribution in [0.5, 0.6) is 0 Å². The van der Waals surface area contributed by atoms with E-state index >= 15 is 0 Å². The Hall–Kier alpha value is -1.62. The molecule has 2 rings (SSSR count). The van der Waals surface area contributed by atoms with Gasteiger partial charge in [0.05, 0.1) is 23.6 Å². The average Bonchev–Trinajstić information content (AvgIpc) is 2.79. The SMILES string of the molecule is CCc1ccccc1N=C1SCC(=O)C1C(=O)OC. The fourth-order valence-electron chi connectivity index (χ4n) is 1.93. The Labute approximate surface area is 116 Å². The summed E-state index contributed by atoms with van der Waals surface area (Å²) in [4.78, 5) is 27.9. The first-order valence-corrected chi connectivity index (χ1v) is 7.05. The molecule has 0 saturated carbocycles. The van der Waals surface area contributed by atoms with Crippen molar-refractivity contribution in [1.29, 1.82) is 0 Å². The summed E-state index contributed by atoms with van der Waals surface area (Å²) < 4.78 is 4.68. The first-order chi connectivity index (χ1) is 9.17. The van der Waals surface area contributed by atoms with E-state index < -0.39 is 11.9 Å². The minimum atomic E-state index is -0.847. The van der Waals surface area contributed by atoms with Crippen LogP contribution in [-0.4, -0.2) is 29.7 Å². The van der Waals surface area contributed by atoms with E-state index in [4.69, 9.17) is 0 Å². The van der Waals surface area contributed by atoms with E-state index in [9.17, 15) is 9.59 Å². The van der Waals surface area contributed by atoms with E-state index in [0.717, 1.165) is 17.7 Å². The summed E-state index contributed by atoms with van der Waals surface area (Å²) in [6.45, 7) is 2.05. The van der Waals surface area contributed by atoms with Crippen LogP contribution in [0.15, 0.2) is 29.3 Å². The minimum absolute atomic E-state index is 0.135. The van der Waals surface area contributed by atoms with Gasteiger partial charge in [-0.3, -0.25) is 9.59 Å². The van der Waals surface area contributed by atoms with Crippen LogP contribution in [0.25, 0.3) is 0 Å². The van der Waals surface area contributed by atoms with Crippen molar-refractivity contribution < 1.29 is 14.3 Å². The number of methoxy groups -OCH3 is 1. The molecule has 1 aromatic rings. The van der Waals surface area contributed by atoms with Gasteiger partial charge in [0.1, 0.15) is 0 Å². The summed E-state index contributed by atoms with van der Waals surface area (Å²) in [6, 6.07) is 7.73. The van der Waals surface area contributed by atoms with Crippen LogP contribution in [0.2, 0.25) is 0 Å². The number of carbonyl (C=O) groups is 2. The quantitative estimate of drug-likeness (QED) is 0.629. The number of Topliss-reactive ketones (excluding diaryl/α,β-unsaturated/α-hetero) is 1. The fourth-order valence-corrected chi connectivity index (χ4v) is 2.95. The van der Waals surface area contributed by atoms with Gasteiger partial charge in [-0.05, 0) is 18.1 Å². The Bertz CT molecular complexity index is 539. The van der Waals surface area contributed by atoms with Crippen LogP contribution in [0.4, 0.5) is 5.69 Å². The van der Waals surface area contributed by atoms with E-state index in [1.165, 1.54) is 18.9 Å². The van der Waals surface area contributed by atoms with Gasteiger partial charge in [0, 0.05) is 0 Å². The topological polar surface area (TPSA) is 55.7 Å². The highest BCUT2D eigenvalue weighted by molar-refractivity contribution is 8.15. The molecular formula is C14H15NO3S. The number of esters is 1. The van der Waals surface area contributed by atoms with Crippen molar-refractivity contribution in [2.45, 2.75) is 13.3 Å². The number of benzene rings is 1. The molecule has 0 radical (unpaired) electrons. The molecule has 1 saturated heterocycles. The Kier molecular flexibility index (Phi) is 4.37. The predicted molar refractivity (Wildman–Crippen MR) is 75.9 cm³/mol. The number of thioether (sulfide) groups is 1. The van der Waals surface area contributed by atoms with Crippen molar-refractivity contribution in [3.05, 3.63) is 29.8 Å². The van der Waals surface area contributed by atoms with Gasteiger partial charge in [0.25, 0.3) is 0 Å². The van der Waals surface area contributed by atoms with E-state index in [1.54, 1.807) is 0 Å². The fraction of sp³-hybridized carbons (Fsp3) is 0.357. The van der Waals surface area contributed by atoms with E-state index in [2.05, 4.69) is 9.73 Å². The number of carbonyl (C=O) groups excluding carboxylic acids is 2. The normalized spacial score (nSPS) is 20.8. The number of rotatable bonds is 3. The van der Waals surface area contributed by atoms with Crippen LogP contribution in [0.3, 0.4) is 0 Å². The van der Waals surface area contributed by atoms with Gasteiger partial charge < -0.3 is 4.74 Å². The maximum absolute atomic E-state index is 11.7. The van der Waals surface area contributed by atoms with Gasteiger partial charge in [-0.15, -0.1) is 11.8 Å². The zero-order valence-corrected chi connectivity index (χ0v) is 11.7. The highest BCUT2D eigenvalue weighted by Crippen LogP contribution is 2.30. The number of para-hydroxylation sites is 1. The highest BCUT2D eigenvalue weighted by Gasteiger charge is 2.38. The molecule has 1 aromatic carbocycles. The maximum Gasteiger partial charge on any atom is 0.322 e. The molecule has 0 aliphatic carbocycles. The molecule has 0 aromatic heterocycles. The van der Waals surface area contributed by atoms with Crippen molar-refractivity contribution in [1.82, 2.24) is 0 Å². The number of hydrogen-bond donors (Lipinski definition) is 0. The molecule has 100 valence electrons. The third kappa shape index (κ3) is 2.87. The second-order valence-electron chi connectivity index (χ2n) is 4.14. The molecule has 1 unspecified atom stereocenters. The van der Waals surface area contributed by atoms with Crippen molar-refractivity contribution in [3.8, 4) is 0 Å². The smallest absolute Gasteiger partial charge is 0.322 e. The number of aliphatic imine (C=N–C) groups is 1. The zero-order valence-electron chi connectivity index (χ0n) is 10.9. The molecular weight excluding hydrogens is 262 g/mol. The molecule has 1 atom stereocenters.